The van der Waals surface area contributed by atoms with Gasteiger partial charge in [-0.1, -0.05) is 19.1 Å². The predicted molar refractivity (Wildman–Crippen MR) is 101 cm³/mol. The summed E-state index contributed by atoms with van der Waals surface area (Å²) in [4.78, 5) is 29.8. The number of amides is 2. The van der Waals surface area contributed by atoms with Crippen LogP contribution in [0.3, 0.4) is 0 Å². The van der Waals surface area contributed by atoms with Crippen LogP contribution < -0.4 is 0 Å². The average Bonchev–Trinajstić information content (AvgIpc) is 3.56. The number of piperazine rings is 1. The monoisotopic (exact) mass is 368 g/mol. The average molecular weight is 368 g/mol. The summed E-state index contributed by atoms with van der Waals surface area (Å²) < 4.78 is 0. The van der Waals surface area contributed by atoms with E-state index in [4.69, 9.17) is 0 Å². The third kappa shape index (κ3) is 2.54. The number of benzene rings is 1. The second-order valence-corrected chi connectivity index (χ2v) is 9.48. The highest BCUT2D eigenvalue weighted by Gasteiger charge is 2.72. The maximum atomic E-state index is 13.1. The molecule has 5 heteroatoms. The van der Waals surface area contributed by atoms with Gasteiger partial charge in [-0.05, 0) is 55.7 Å². The summed E-state index contributed by atoms with van der Waals surface area (Å²) in [6, 6.07) is 8.09. The summed E-state index contributed by atoms with van der Waals surface area (Å²) in [5.41, 5.74) is 2.01. The van der Waals surface area contributed by atoms with Crippen LogP contribution in [0.25, 0.3) is 0 Å². The van der Waals surface area contributed by atoms with Gasteiger partial charge in [0.15, 0.2) is 0 Å². The molecule has 0 bridgehead atoms. The van der Waals surface area contributed by atoms with E-state index in [-0.39, 0.29) is 40.7 Å². The lowest BCUT2D eigenvalue weighted by Crippen LogP contribution is -2.58. The molecule has 1 aromatic rings. The molecule has 1 heterocycles. The van der Waals surface area contributed by atoms with Gasteiger partial charge in [0.25, 0.3) is 5.91 Å². The van der Waals surface area contributed by atoms with E-state index in [1.54, 1.807) is 0 Å². The summed E-state index contributed by atoms with van der Waals surface area (Å²) in [5, 5.41) is 9.72. The normalized spacial score (nSPS) is 35.9. The zero-order valence-electron chi connectivity index (χ0n) is 16.1. The molecule has 5 nitrogen and oxygen atoms in total. The number of hydrogen-bond donors (Lipinski definition) is 1. The molecular formula is C22H28N2O3. The van der Waals surface area contributed by atoms with E-state index in [2.05, 4.69) is 19.1 Å². The summed E-state index contributed by atoms with van der Waals surface area (Å²) in [6.07, 6.45) is 3.56. The van der Waals surface area contributed by atoms with Gasteiger partial charge in [-0.15, -0.1) is 0 Å². The Hall–Kier alpha value is -1.88. The van der Waals surface area contributed by atoms with Crippen LogP contribution in [0.4, 0.5) is 0 Å². The second kappa shape index (κ2) is 5.57. The zero-order valence-corrected chi connectivity index (χ0v) is 16.1. The van der Waals surface area contributed by atoms with Crippen molar-refractivity contribution in [1.29, 1.82) is 0 Å². The van der Waals surface area contributed by atoms with Crippen LogP contribution in [0.5, 0.6) is 0 Å². The Labute approximate surface area is 160 Å². The summed E-state index contributed by atoms with van der Waals surface area (Å²) in [5.74, 6) is 0.453. The van der Waals surface area contributed by atoms with Gasteiger partial charge in [0, 0.05) is 37.2 Å². The van der Waals surface area contributed by atoms with Gasteiger partial charge in [-0.2, -0.15) is 0 Å². The first-order valence-electron chi connectivity index (χ1n) is 10.2. The van der Waals surface area contributed by atoms with Crippen molar-refractivity contribution in [3.63, 3.8) is 0 Å². The van der Waals surface area contributed by atoms with Crippen molar-refractivity contribution in [3.8, 4) is 0 Å². The van der Waals surface area contributed by atoms with Crippen molar-refractivity contribution in [3.05, 3.63) is 35.4 Å². The minimum Gasteiger partial charge on any atom is -0.393 e. The van der Waals surface area contributed by atoms with Gasteiger partial charge in [-0.25, -0.2) is 0 Å². The highest BCUT2D eigenvalue weighted by Crippen LogP contribution is 2.68. The Morgan fingerprint density at radius 1 is 1.19 bits per heavy atom. The van der Waals surface area contributed by atoms with Crippen molar-refractivity contribution in [2.24, 2.45) is 11.3 Å². The van der Waals surface area contributed by atoms with Crippen molar-refractivity contribution < 1.29 is 14.7 Å². The predicted octanol–water partition coefficient (Wildman–Crippen LogP) is 2.18. The Morgan fingerprint density at radius 3 is 2.56 bits per heavy atom. The number of hydrogen-bond acceptors (Lipinski definition) is 3. The number of fused-ring (bicyclic) bond motifs is 1. The highest BCUT2D eigenvalue weighted by molar-refractivity contribution is 5.95. The molecule has 0 unspecified atom stereocenters. The molecule has 1 saturated heterocycles. The first-order chi connectivity index (χ1) is 12.8. The molecule has 144 valence electrons. The smallest absolute Gasteiger partial charge is 0.254 e. The lowest BCUT2D eigenvalue weighted by molar-refractivity contribution is -0.146. The van der Waals surface area contributed by atoms with E-state index in [1.165, 1.54) is 18.4 Å². The fourth-order valence-corrected chi connectivity index (χ4v) is 5.19. The van der Waals surface area contributed by atoms with E-state index >= 15 is 0 Å². The third-order valence-corrected chi connectivity index (χ3v) is 7.58. The number of carbonyl (C=O) groups is 2. The van der Waals surface area contributed by atoms with Crippen molar-refractivity contribution in [1.82, 2.24) is 9.80 Å². The van der Waals surface area contributed by atoms with E-state index in [9.17, 15) is 14.7 Å². The maximum Gasteiger partial charge on any atom is 0.254 e. The number of carbonyl (C=O) groups excluding carboxylic acids is 2. The molecule has 1 aromatic carbocycles. The largest absolute Gasteiger partial charge is 0.393 e. The molecule has 0 aromatic heterocycles. The molecule has 4 fully saturated rings. The minimum atomic E-state index is -0.283. The van der Waals surface area contributed by atoms with Gasteiger partial charge in [0.05, 0.1) is 11.5 Å². The van der Waals surface area contributed by atoms with Gasteiger partial charge in [0.2, 0.25) is 5.91 Å². The first-order valence-corrected chi connectivity index (χ1v) is 10.2. The molecule has 2 amide bonds. The summed E-state index contributed by atoms with van der Waals surface area (Å²) in [7, 11) is 0. The summed E-state index contributed by atoms with van der Waals surface area (Å²) in [6.45, 7) is 6.05. The van der Waals surface area contributed by atoms with Crippen molar-refractivity contribution in [2.45, 2.75) is 57.1 Å². The Morgan fingerprint density at radius 2 is 1.96 bits per heavy atom. The van der Waals surface area contributed by atoms with Crippen LogP contribution in [0, 0.1) is 11.3 Å². The van der Waals surface area contributed by atoms with Crippen LogP contribution in [-0.2, 0) is 10.2 Å². The van der Waals surface area contributed by atoms with Gasteiger partial charge >= 0.3 is 0 Å². The minimum absolute atomic E-state index is 0.00830. The van der Waals surface area contributed by atoms with Crippen LogP contribution in [-0.4, -0.2) is 58.5 Å². The number of rotatable bonds is 3. The molecule has 5 rings (SSSR count). The fraction of sp³-hybridized carbons (Fsp3) is 0.636. The standard InChI is InChI=1S/C22H28N2O3/c1-14-13-23(20(27)22-11-17(22)18(25)12-22)8-9-24(14)19(26)15-4-3-5-16(10-15)21(2)6-7-21/h3-5,10,14,17-18,25H,6-9,11-13H2,1-2H3/t14-,17+,18+,22+/m1/s1. The lowest BCUT2D eigenvalue weighted by atomic mass is 9.80. The molecule has 3 aliphatic carbocycles. The molecule has 4 aliphatic rings. The van der Waals surface area contributed by atoms with Gasteiger partial charge in [0.1, 0.15) is 0 Å². The third-order valence-electron chi connectivity index (χ3n) is 7.58. The molecule has 4 atom stereocenters. The Bertz CT molecular complexity index is 818. The molecule has 0 radical (unpaired) electrons. The van der Waals surface area contributed by atoms with Gasteiger partial charge in [-0.3, -0.25) is 9.59 Å². The Kier molecular flexibility index (Phi) is 3.55. The number of aliphatic hydroxyl groups is 1. The van der Waals surface area contributed by atoms with Crippen molar-refractivity contribution in [2.75, 3.05) is 19.6 Å². The van der Waals surface area contributed by atoms with Crippen LogP contribution in [0.1, 0.15) is 55.5 Å². The second-order valence-electron chi connectivity index (χ2n) is 9.48. The highest BCUT2D eigenvalue weighted by atomic mass is 16.3. The molecular weight excluding hydrogens is 340 g/mol. The maximum absolute atomic E-state index is 13.1. The zero-order chi connectivity index (χ0) is 19.0. The van der Waals surface area contributed by atoms with Crippen LogP contribution in [0.15, 0.2) is 24.3 Å². The van der Waals surface area contributed by atoms with Crippen molar-refractivity contribution >= 4 is 11.8 Å². The topological polar surface area (TPSA) is 60.9 Å². The molecule has 0 spiro atoms. The number of aliphatic hydroxyl groups excluding tert-OH is 1. The van der Waals surface area contributed by atoms with E-state index in [0.717, 1.165) is 12.0 Å². The van der Waals surface area contributed by atoms with Gasteiger partial charge < -0.3 is 14.9 Å². The van der Waals surface area contributed by atoms with E-state index in [1.807, 2.05) is 28.9 Å². The fourth-order valence-electron chi connectivity index (χ4n) is 5.19. The summed E-state index contributed by atoms with van der Waals surface area (Å²) >= 11 is 0. The van der Waals surface area contributed by atoms with Crippen LogP contribution >= 0.6 is 0 Å². The molecule has 1 aliphatic heterocycles. The number of nitrogens with zero attached hydrogens (tertiary/aromatic N) is 2. The Balaban J connectivity index is 1.26. The molecule has 27 heavy (non-hydrogen) atoms. The quantitative estimate of drug-likeness (QED) is 0.890. The van der Waals surface area contributed by atoms with E-state index in [0.29, 0.717) is 26.1 Å². The molecule has 3 saturated carbocycles. The lowest BCUT2D eigenvalue weighted by Gasteiger charge is -2.43. The molecule has 1 N–H and O–H groups in total. The van der Waals surface area contributed by atoms with E-state index < -0.39 is 0 Å². The SMILES string of the molecule is C[C@@H]1CN(C(=O)[C@@]23C[C@H](O)[C@@H]2C3)CCN1C(=O)c1cccc(C2(C)CC2)c1. The van der Waals surface area contributed by atoms with Crippen LogP contribution in [0.2, 0.25) is 0 Å². The first kappa shape index (κ1) is 17.2.